The van der Waals surface area contributed by atoms with Gasteiger partial charge >= 0.3 is 6.03 Å². The minimum absolute atomic E-state index is 0.247. The van der Waals surface area contributed by atoms with Crippen LogP contribution in [0.3, 0.4) is 0 Å². The number of para-hydroxylation sites is 1. The average Bonchev–Trinajstić information content (AvgIpc) is 3.03. The number of hydrogen-bond acceptors (Lipinski definition) is 3. The number of carbonyl (C=O) groups excluding carboxylic acids is 2. The molecule has 0 spiro atoms. The Bertz CT molecular complexity index is 1010. The van der Waals surface area contributed by atoms with E-state index >= 15 is 0 Å². The maximum Gasteiger partial charge on any atom is 0.321 e. The highest BCUT2D eigenvalue weighted by atomic mass is 35.5. The monoisotopic (exact) mass is 397 g/mol. The van der Waals surface area contributed by atoms with Gasteiger partial charge in [-0.05, 0) is 37.3 Å². The van der Waals surface area contributed by atoms with E-state index in [9.17, 15) is 9.59 Å². The number of amides is 3. The summed E-state index contributed by atoms with van der Waals surface area (Å²) in [4.78, 5) is 26.1. The van der Waals surface area contributed by atoms with Crippen LogP contribution < -0.4 is 10.6 Å². The van der Waals surface area contributed by atoms with E-state index in [0.29, 0.717) is 11.5 Å². The van der Waals surface area contributed by atoms with Gasteiger partial charge in [0.15, 0.2) is 0 Å². The number of halogens is 1. The third-order valence-corrected chi connectivity index (χ3v) is 4.27. The van der Waals surface area contributed by atoms with Crippen LogP contribution in [0.15, 0.2) is 54.6 Å². The molecule has 3 rings (SSSR count). The number of benzene rings is 2. The molecule has 144 valence electrons. The van der Waals surface area contributed by atoms with Gasteiger partial charge in [-0.15, -0.1) is 0 Å². The first-order valence-corrected chi connectivity index (χ1v) is 8.94. The highest BCUT2D eigenvalue weighted by molar-refractivity contribution is 6.34. The summed E-state index contributed by atoms with van der Waals surface area (Å²) >= 11 is 6.21. The molecule has 28 heavy (non-hydrogen) atoms. The third kappa shape index (κ3) is 4.32. The summed E-state index contributed by atoms with van der Waals surface area (Å²) < 4.78 is 1.65. The molecule has 2 N–H and O–H groups in total. The number of nitrogens with zero attached hydrogens (tertiary/aromatic N) is 3. The zero-order valence-corrected chi connectivity index (χ0v) is 16.5. The standard InChI is InChI=1S/C20H20ClN5O2/c1-13-11-18(26(24-13)15-7-5-4-6-8-15)23-19(27)16-12-14(9-10-17(16)21)22-20(28)25(2)3/h4-12H,1-3H3,(H,22,28)(H,23,27). The second kappa shape index (κ2) is 8.14. The number of rotatable bonds is 4. The van der Waals surface area contributed by atoms with Crippen molar-refractivity contribution in [3.8, 4) is 5.69 Å². The van der Waals surface area contributed by atoms with Gasteiger partial charge in [-0.1, -0.05) is 29.8 Å². The van der Waals surface area contributed by atoms with Gasteiger partial charge < -0.3 is 15.5 Å². The average molecular weight is 398 g/mol. The molecule has 0 atom stereocenters. The Morgan fingerprint density at radius 3 is 2.43 bits per heavy atom. The van der Waals surface area contributed by atoms with Gasteiger partial charge in [-0.3, -0.25) is 4.79 Å². The van der Waals surface area contributed by atoms with Crippen molar-refractivity contribution in [1.29, 1.82) is 0 Å². The van der Waals surface area contributed by atoms with Crippen LogP contribution in [0.25, 0.3) is 5.69 Å². The lowest BCUT2D eigenvalue weighted by Gasteiger charge is -2.14. The first-order chi connectivity index (χ1) is 13.3. The second-order valence-corrected chi connectivity index (χ2v) is 6.80. The number of nitrogens with one attached hydrogen (secondary N) is 2. The molecule has 8 heteroatoms. The van der Waals surface area contributed by atoms with E-state index in [1.54, 1.807) is 37.0 Å². The van der Waals surface area contributed by atoms with E-state index in [0.717, 1.165) is 11.4 Å². The van der Waals surface area contributed by atoms with Crippen LogP contribution in [0.4, 0.5) is 16.3 Å². The minimum atomic E-state index is -0.400. The van der Waals surface area contributed by atoms with Crippen LogP contribution in [-0.4, -0.2) is 40.7 Å². The normalized spacial score (nSPS) is 10.4. The highest BCUT2D eigenvalue weighted by Gasteiger charge is 2.16. The predicted octanol–water partition coefficient (Wildman–Crippen LogP) is 4.18. The Labute approximate surface area is 167 Å². The highest BCUT2D eigenvalue weighted by Crippen LogP contribution is 2.23. The van der Waals surface area contributed by atoms with Crippen LogP contribution >= 0.6 is 11.6 Å². The van der Waals surface area contributed by atoms with Crippen molar-refractivity contribution in [2.24, 2.45) is 0 Å². The molecule has 0 aliphatic heterocycles. The molecule has 3 aromatic rings. The maximum absolute atomic E-state index is 12.8. The Morgan fingerprint density at radius 1 is 1.04 bits per heavy atom. The summed E-state index contributed by atoms with van der Waals surface area (Å²) in [6.07, 6.45) is 0. The maximum atomic E-state index is 12.8. The Morgan fingerprint density at radius 2 is 1.75 bits per heavy atom. The summed E-state index contributed by atoms with van der Waals surface area (Å²) in [6.45, 7) is 1.85. The van der Waals surface area contributed by atoms with E-state index in [1.165, 1.54) is 11.0 Å². The minimum Gasteiger partial charge on any atom is -0.331 e. The van der Waals surface area contributed by atoms with Crippen molar-refractivity contribution < 1.29 is 9.59 Å². The smallest absolute Gasteiger partial charge is 0.321 e. The fourth-order valence-corrected chi connectivity index (χ4v) is 2.75. The Hall–Kier alpha value is -3.32. The number of carbonyl (C=O) groups is 2. The molecule has 0 fully saturated rings. The van der Waals surface area contributed by atoms with E-state index in [1.807, 2.05) is 37.3 Å². The van der Waals surface area contributed by atoms with Gasteiger partial charge in [0.25, 0.3) is 5.91 Å². The summed E-state index contributed by atoms with van der Waals surface area (Å²) in [7, 11) is 3.26. The van der Waals surface area contributed by atoms with Crippen molar-refractivity contribution in [1.82, 2.24) is 14.7 Å². The molecular weight excluding hydrogens is 378 g/mol. The molecule has 0 saturated carbocycles. The molecule has 7 nitrogen and oxygen atoms in total. The van der Waals surface area contributed by atoms with Crippen molar-refractivity contribution in [3.05, 3.63) is 70.9 Å². The van der Waals surface area contributed by atoms with Crippen LogP contribution in [0, 0.1) is 6.92 Å². The van der Waals surface area contributed by atoms with Crippen molar-refractivity contribution in [3.63, 3.8) is 0 Å². The summed E-state index contributed by atoms with van der Waals surface area (Å²) in [5, 5.41) is 10.3. The fraction of sp³-hybridized carbons (Fsp3) is 0.150. The Kier molecular flexibility index (Phi) is 5.65. The lowest BCUT2D eigenvalue weighted by Crippen LogP contribution is -2.27. The molecule has 0 saturated heterocycles. The lowest BCUT2D eigenvalue weighted by molar-refractivity contribution is 0.102. The van der Waals surface area contributed by atoms with Crippen molar-refractivity contribution in [2.45, 2.75) is 6.92 Å². The van der Waals surface area contributed by atoms with Crippen molar-refractivity contribution in [2.75, 3.05) is 24.7 Å². The molecular formula is C20H20ClN5O2. The Balaban J connectivity index is 1.87. The second-order valence-electron chi connectivity index (χ2n) is 6.39. The summed E-state index contributed by atoms with van der Waals surface area (Å²) in [5.74, 6) is 0.121. The van der Waals surface area contributed by atoms with Crippen LogP contribution in [0.5, 0.6) is 0 Å². The van der Waals surface area contributed by atoms with Gasteiger partial charge in [-0.2, -0.15) is 5.10 Å². The van der Waals surface area contributed by atoms with Crippen LogP contribution in [0.1, 0.15) is 16.1 Å². The molecule has 0 radical (unpaired) electrons. The lowest BCUT2D eigenvalue weighted by atomic mass is 10.2. The molecule has 1 heterocycles. The zero-order chi connectivity index (χ0) is 20.3. The topological polar surface area (TPSA) is 79.3 Å². The predicted molar refractivity (Wildman–Crippen MR) is 110 cm³/mol. The molecule has 0 bridgehead atoms. The molecule has 2 aromatic carbocycles. The van der Waals surface area contributed by atoms with Gasteiger partial charge in [0.2, 0.25) is 0 Å². The molecule has 0 aliphatic rings. The van der Waals surface area contributed by atoms with Gasteiger partial charge in [0.05, 0.1) is 22.0 Å². The largest absolute Gasteiger partial charge is 0.331 e. The van der Waals surface area contributed by atoms with Crippen LogP contribution in [-0.2, 0) is 0 Å². The number of aromatic nitrogens is 2. The summed E-state index contributed by atoms with van der Waals surface area (Å²) in [5.41, 5.74) is 2.30. The molecule has 0 aliphatic carbocycles. The number of anilines is 2. The third-order valence-electron chi connectivity index (χ3n) is 3.94. The fourth-order valence-electron chi connectivity index (χ4n) is 2.55. The summed E-state index contributed by atoms with van der Waals surface area (Å²) in [6, 6.07) is 15.7. The van der Waals surface area contributed by atoms with Gasteiger partial charge in [0.1, 0.15) is 5.82 Å². The quantitative estimate of drug-likeness (QED) is 0.693. The number of aryl methyl sites for hydroxylation is 1. The van der Waals surface area contributed by atoms with Gasteiger partial charge in [0, 0.05) is 25.8 Å². The first-order valence-electron chi connectivity index (χ1n) is 8.56. The van der Waals surface area contributed by atoms with E-state index in [-0.39, 0.29) is 16.6 Å². The number of urea groups is 1. The van der Waals surface area contributed by atoms with Gasteiger partial charge in [-0.25, -0.2) is 9.48 Å². The SMILES string of the molecule is Cc1cc(NC(=O)c2cc(NC(=O)N(C)C)ccc2Cl)n(-c2ccccc2)n1. The number of hydrogen-bond donors (Lipinski definition) is 2. The van der Waals surface area contributed by atoms with Crippen molar-refractivity contribution >= 4 is 35.0 Å². The van der Waals surface area contributed by atoms with E-state index < -0.39 is 5.91 Å². The van der Waals surface area contributed by atoms with E-state index in [4.69, 9.17) is 11.6 Å². The zero-order valence-electron chi connectivity index (χ0n) is 15.7. The molecule has 3 amide bonds. The first kappa shape index (κ1) is 19.4. The van der Waals surface area contributed by atoms with E-state index in [2.05, 4.69) is 15.7 Å². The van der Waals surface area contributed by atoms with Crippen LogP contribution in [0.2, 0.25) is 5.02 Å². The molecule has 1 aromatic heterocycles. The molecule has 0 unspecified atom stereocenters.